The molecule has 4 rings (SSSR count). The van der Waals surface area contributed by atoms with Gasteiger partial charge in [-0.1, -0.05) is 18.2 Å². The summed E-state index contributed by atoms with van der Waals surface area (Å²) < 4.78 is 0. The minimum Gasteiger partial charge on any atom is -0.345 e. The van der Waals surface area contributed by atoms with Gasteiger partial charge in [0.05, 0.1) is 11.6 Å². The lowest BCUT2D eigenvalue weighted by atomic mass is 9.95. The number of carbonyl (C=O) groups excluding carboxylic acids is 1. The second-order valence-electron chi connectivity index (χ2n) is 7.19. The van der Waals surface area contributed by atoms with Gasteiger partial charge < -0.3 is 5.32 Å². The van der Waals surface area contributed by atoms with E-state index < -0.39 is 0 Å². The maximum absolute atomic E-state index is 12.5. The fourth-order valence-corrected chi connectivity index (χ4v) is 4.34. The topological polar surface area (TPSA) is 67.8 Å². The maximum atomic E-state index is 12.5. The van der Waals surface area contributed by atoms with E-state index in [1.807, 2.05) is 49.4 Å². The van der Waals surface area contributed by atoms with E-state index in [2.05, 4.69) is 20.3 Å². The number of hydrogen-bond acceptors (Lipinski definition) is 5. The fourth-order valence-electron chi connectivity index (χ4n) is 3.53. The molecule has 0 spiro atoms. The smallest absolute Gasteiger partial charge is 0.251 e. The Morgan fingerprint density at radius 2 is 1.90 bits per heavy atom. The Kier molecular flexibility index (Phi) is 6.20. The standard InChI is InChI=1S/C23H24N4OS/c1-16-19-6-2-3-7-20(19)27-21(26-16)14-25-23(28)18-11-9-17(10-12-18)15-29-22-8-4-5-13-24-22/h4-5,8-13H,2-3,6-7,14-15H2,1H3,(H,25,28). The van der Waals surface area contributed by atoms with Gasteiger partial charge in [-0.3, -0.25) is 4.79 Å². The summed E-state index contributed by atoms with van der Waals surface area (Å²) in [5.41, 5.74) is 5.30. The lowest BCUT2D eigenvalue weighted by molar-refractivity contribution is 0.0950. The number of pyridine rings is 1. The zero-order valence-electron chi connectivity index (χ0n) is 16.5. The summed E-state index contributed by atoms with van der Waals surface area (Å²) in [6.07, 6.45) is 6.27. The number of thioether (sulfide) groups is 1. The lowest BCUT2D eigenvalue weighted by Gasteiger charge is -2.17. The summed E-state index contributed by atoms with van der Waals surface area (Å²) in [4.78, 5) is 26.1. The molecular weight excluding hydrogens is 380 g/mol. The number of nitrogens with zero attached hydrogens (tertiary/aromatic N) is 3. The monoisotopic (exact) mass is 404 g/mol. The number of aromatic nitrogens is 3. The second-order valence-corrected chi connectivity index (χ2v) is 8.19. The van der Waals surface area contributed by atoms with E-state index in [0.29, 0.717) is 17.9 Å². The summed E-state index contributed by atoms with van der Waals surface area (Å²) in [7, 11) is 0. The highest BCUT2D eigenvalue weighted by Crippen LogP contribution is 2.22. The van der Waals surface area contributed by atoms with Crippen molar-refractivity contribution < 1.29 is 4.79 Å². The van der Waals surface area contributed by atoms with Crippen molar-refractivity contribution in [1.29, 1.82) is 0 Å². The lowest BCUT2D eigenvalue weighted by Crippen LogP contribution is -2.25. The van der Waals surface area contributed by atoms with Crippen LogP contribution in [0.4, 0.5) is 0 Å². The molecule has 1 aliphatic rings. The van der Waals surface area contributed by atoms with Crippen LogP contribution in [-0.4, -0.2) is 20.9 Å². The molecule has 0 radical (unpaired) electrons. The zero-order valence-corrected chi connectivity index (χ0v) is 17.3. The van der Waals surface area contributed by atoms with E-state index in [9.17, 15) is 4.79 Å². The first-order valence-corrected chi connectivity index (χ1v) is 10.9. The molecule has 0 aliphatic heterocycles. The molecule has 0 fully saturated rings. The van der Waals surface area contributed by atoms with Crippen molar-refractivity contribution in [3.8, 4) is 0 Å². The van der Waals surface area contributed by atoms with Crippen LogP contribution in [0.2, 0.25) is 0 Å². The quantitative estimate of drug-likeness (QED) is 0.621. The van der Waals surface area contributed by atoms with Crippen LogP contribution in [0.25, 0.3) is 0 Å². The minimum atomic E-state index is -0.104. The molecule has 2 heterocycles. The SMILES string of the molecule is Cc1nc(CNC(=O)c2ccc(CSc3ccccn3)cc2)nc2c1CCCC2. The first kappa shape index (κ1) is 19.6. The van der Waals surface area contributed by atoms with Gasteiger partial charge in [-0.05, 0) is 68.0 Å². The largest absolute Gasteiger partial charge is 0.345 e. The number of amides is 1. The van der Waals surface area contributed by atoms with Crippen molar-refractivity contribution >= 4 is 17.7 Å². The third-order valence-corrected chi connectivity index (χ3v) is 6.10. The Labute approximate surface area is 175 Å². The van der Waals surface area contributed by atoms with Crippen molar-refractivity contribution in [1.82, 2.24) is 20.3 Å². The molecule has 1 amide bonds. The molecule has 0 bridgehead atoms. The van der Waals surface area contributed by atoms with E-state index >= 15 is 0 Å². The van der Waals surface area contributed by atoms with Gasteiger partial charge in [-0.2, -0.15) is 0 Å². The summed E-state index contributed by atoms with van der Waals surface area (Å²) in [6.45, 7) is 2.39. The van der Waals surface area contributed by atoms with Gasteiger partial charge in [-0.15, -0.1) is 11.8 Å². The van der Waals surface area contributed by atoms with Gasteiger partial charge in [0, 0.05) is 28.9 Å². The molecule has 2 aromatic heterocycles. The third kappa shape index (κ3) is 5.01. The van der Waals surface area contributed by atoms with Crippen LogP contribution in [0.3, 0.4) is 0 Å². The minimum absolute atomic E-state index is 0.104. The van der Waals surface area contributed by atoms with Crippen molar-refractivity contribution in [3.05, 3.63) is 82.6 Å². The van der Waals surface area contributed by atoms with Gasteiger partial charge in [-0.25, -0.2) is 15.0 Å². The van der Waals surface area contributed by atoms with Crippen LogP contribution in [-0.2, 0) is 25.1 Å². The van der Waals surface area contributed by atoms with Crippen LogP contribution < -0.4 is 5.32 Å². The Bertz CT molecular complexity index is 990. The predicted molar refractivity (Wildman–Crippen MR) is 115 cm³/mol. The molecule has 1 N–H and O–H groups in total. The predicted octanol–water partition coefficient (Wildman–Crippen LogP) is 4.28. The van der Waals surface area contributed by atoms with Crippen LogP contribution in [0.15, 0.2) is 53.7 Å². The third-order valence-electron chi connectivity index (χ3n) is 5.08. The molecule has 5 nitrogen and oxygen atoms in total. The number of nitrogens with one attached hydrogen (secondary N) is 1. The Hall–Kier alpha value is -2.73. The second kappa shape index (κ2) is 9.18. The van der Waals surface area contributed by atoms with Crippen LogP contribution in [0.5, 0.6) is 0 Å². The van der Waals surface area contributed by atoms with Gasteiger partial charge in [0.2, 0.25) is 0 Å². The Morgan fingerprint density at radius 3 is 2.69 bits per heavy atom. The number of hydrogen-bond donors (Lipinski definition) is 1. The van der Waals surface area contributed by atoms with Crippen LogP contribution in [0.1, 0.15) is 51.5 Å². The van der Waals surface area contributed by atoms with Crippen molar-refractivity contribution in [2.45, 2.75) is 49.9 Å². The molecule has 0 unspecified atom stereocenters. The van der Waals surface area contributed by atoms with Crippen LogP contribution in [0, 0.1) is 6.92 Å². The van der Waals surface area contributed by atoms with Gasteiger partial charge >= 0.3 is 0 Å². The highest BCUT2D eigenvalue weighted by atomic mass is 32.2. The average Bonchev–Trinajstić information content (AvgIpc) is 2.77. The summed E-state index contributed by atoms with van der Waals surface area (Å²) in [5, 5.41) is 3.94. The Morgan fingerprint density at radius 1 is 1.07 bits per heavy atom. The highest BCUT2D eigenvalue weighted by molar-refractivity contribution is 7.98. The molecule has 0 atom stereocenters. The van der Waals surface area contributed by atoms with Gasteiger partial charge in [0.15, 0.2) is 0 Å². The normalized spacial score (nSPS) is 13.0. The number of aryl methyl sites for hydroxylation is 2. The van der Waals surface area contributed by atoms with Crippen molar-refractivity contribution in [2.75, 3.05) is 0 Å². The summed E-state index contributed by atoms with van der Waals surface area (Å²) in [5.74, 6) is 1.41. The molecule has 29 heavy (non-hydrogen) atoms. The molecular formula is C23H24N4OS. The van der Waals surface area contributed by atoms with Gasteiger partial charge in [0.1, 0.15) is 5.82 Å². The molecule has 0 saturated heterocycles. The number of fused-ring (bicyclic) bond motifs is 1. The number of benzene rings is 1. The molecule has 1 aromatic carbocycles. The van der Waals surface area contributed by atoms with Crippen molar-refractivity contribution in [3.63, 3.8) is 0 Å². The van der Waals surface area contributed by atoms with Crippen molar-refractivity contribution in [2.24, 2.45) is 0 Å². The first-order chi connectivity index (χ1) is 14.2. The van der Waals surface area contributed by atoms with E-state index in [0.717, 1.165) is 40.6 Å². The average molecular weight is 405 g/mol. The van der Waals surface area contributed by atoms with Crippen LogP contribution >= 0.6 is 11.8 Å². The summed E-state index contributed by atoms with van der Waals surface area (Å²) >= 11 is 1.68. The number of carbonyl (C=O) groups is 1. The van der Waals surface area contributed by atoms with E-state index in [4.69, 9.17) is 0 Å². The zero-order chi connectivity index (χ0) is 20.1. The van der Waals surface area contributed by atoms with E-state index in [-0.39, 0.29) is 5.91 Å². The molecule has 6 heteroatoms. The molecule has 3 aromatic rings. The first-order valence-electron chi connectivity index (χ1n) is 9.95. The fraction of sp³-hybridized carbons (Fsp3) is 0.304. The summed E-state index contributed by atoms with van der Waals surface area (Å²) in [6, 6.07) is 13.6. The highest BCUT2D eigenvalue weighted by Gasteiger charge is 2.16. The molecule has 0 saturated carbocycles. The number of rotatable bonds is 6. The maximum Gasteiger partial charge on any atom is 0.251 e. The van der Waals surface area contributed by atoms with Gasteiger partial charge in [0.25, 0.3) is 5.91 Å². The van der Waals surface area contributed by atoms with E-state index in [1.165, 1.54) is 18.4 Å². The Balaban J connectivity index is 1.33. The van der Waals surface area contributed by atoms with E-state index in [1.54, 1.807) is 18.0 Å². The molecule has 148 valence electrons. The molecule has 1 aliphatic carbocycles.